The molecule has 2 rings (SSSR count). The largest absolute Gasteiger partial charge is 0.330 e. The molecule has 0 spiro atoms. The zero-order valence-corrected chi connectivity index (χ0v) is 11.2. The minimum atomic E-state index is 0.393. The summed E-state index contributed by atoms with van der Waals surface area (Å²) < 4.78 is 0. The molecular weight excluding hydrogens is 238 g/mol. The van der Waals surface area contributed by atoms with Crippen LogP contribution < -0.4 is 5.73 Å². The minimum absolute atomic E-state index is 0.393. The summed E-state index contributed by atoms with van der Waals surface area (Å²) in [7, 11) is 0. The Kier molecular flexibility index (Phi) is 4.17. The summed E-state index contributed by atoms with van der Waals surface area (Å²) in [5.41, 5.74) is 8.24. The van der Waals surface area contributed by atoms with E-state index in [9.17, 15) is 0 Å². The first-order valence-corrected chi connectivity index (χ1v) is 7.32. The summed E-state index contributed by atoms with van der Waals surface area (Å²) in [5, 5.41) is 0.922. The Bertz CT molecular complexity index is 361. The van der Waals surface area contributed by atoms with Gasteiger partial charge in [0.25, 0.3) is 0 Å². The third-order valence-corrected chi connectivity index (χ3v) is 4.81. The van der Waals surface area contributed by atoms with Gasteiger partial charge in [-0.2, -0.15) is 11.8 Å². The van der Waals surface area contributed by atoms with Gasteiger partial charge in [-0.15, -0.1) is 0 Å². The lowest BCUT2D eigenvalue weighted by molar-refractivity contribution is 0.762. The molecule has 0 aromatic heterocycles. The Hall–Kier alpha value is -0.180. The minimum Gasteiger partial charge on any atom is -0.330 e. The summed E-state index contributed by atoms with van der Waals surface area (Å²) in [5.74, 6) is 3.53. The Morgan fingerprint density at radius 3 is 2.94 bits per heavy atom. The lowest BCUT2D eigenvalue weighted by Crippen LogP contribution is -2.09. The summed E-state index contributed by atoms with van der Waals surface area (Å²) in [6, 6.07) is 6.47. The number of rotatable bonds is 3. The van der Waals surface area contributed by atoms with Crippen molar-refractivity contribution in [2.45, 2.75) is 25.2 Å². The van der Waals surface area contributed by atoms with E-state index in [2.05, 4.69) is 25.1 Å². The fraction of sp³-hybridized carbons (Fsp3) is 0.538. The van der Waals surface area contributed by atoms with Gasteiger partial charge < -0.3 is 5.73 Å². The molecule has 1 aliphatic rings. The second-order valence-electron chi connectivity index (χ2n) is 4.48. The molecule has 1 aliphatic heterocycles. The molecule has 1 aromatic rings. The monoisotopic (exact) mass is 255 g/mol. The Morgan fingerprint density at radius 1 is 1.56 bits per heavy atom. The topological polar surface area (TPSA) is 26.0 Å². The van der Waals surface area contributed by atoms with Crippen molar-refractivity contribution in [2.75, 3.05) is 18.1 Å². The highest BCUT2D eigenvalue weighted by Crippen LogP contribution is 2.36. The van der Waals surface area contributed by atoms with Crippen molar-refractivity contribution in [3.8, 4) is 0 Å². The van der Waals surface area contributed by atoms with Crippen LogP contribution in [0.1, 0.15) is 36.3 Å². The van der Waals surface area contributed by atoms with Crippen LogP contribution in [0.2, 0.25) is 5.02 Å². The highest BCUT2D eigenvalue weighted by atomic mass is 35.5. The van der Waals surface area contributed by atoms with E-state index in [1.807, 2.05) is 11.8 Å². The predicted molar refractivity (Wildman–Crippen MR) is 73.6 cm³/mol. The molecule has 88 valence electrons. The van der Waals surface area contributed by atoms with Crippen LogP contribution in [-0.2, 0) is 0 Å². The first-order valence-electron chi connectivity index (χ1n) is 5.79. The van der Waals surface area contributed by atoms with Crippen molar-refractivity contribution in [3.63, 3.8) is 0 Å². The number of thioether (sulfide) groups is 1. The van der Waals surface area contributed by atoms with E-state index >= 15 is 0 Å². The molecule has 1 aromatic carbocycles. The van der Waals surface area contributed by atoms with Crippen LogP contribution in [0, 0.1) is 0 Å². The standard InChI is InChI=1S/C13H18ClNS/c1-9(7-15)10-2-3-12(13(14)6-10)11-4-5-16-8-11/h2-3,6,9,11H,4-5,7-8,15H2,1H3. The van der Waals surface area contributed by atoms with Gasteiger partial charge in [0.1, 0.15) is 0 Å². The Balaban J connectivity index is 2.22. The van der Waals surface area contributed by atoms with Crippen LogP contribution in [0.25, 0.3) is 0 Å². The maximum atomic E-state index is 6.36. The van der Waals surface area contributed by atoms with E-state index in [4.69, 9.17) is 17.3 Å². The average molecular weight is 256 g/mol. The highest BCUT2D eigenvalue weighted by molar-refractivity contribution is 7.99. The van der Waals surface area contributed by atoms with Crippen LogP contribution in [0.5, 0.6) is 0 Å². The summed E-state index contributed by atoms with van der Waals surface area (Å²) in [4.78, 5) is 0. The fourth-order valence-electron chi connectivity index (χ4n) is 2.10. The van der Waals surface area contributed by atoms with Gasteiger partial charge >= 0.3 is 0 Å². The normalized spacial score (nSPS) is 22.3. The number of nitrogens with two attached hydrogens (primary N) is 1. The number of hydrogen-bond acceptors (Lipinski definition) is 2. The number of halogens is 1. The molecule has 2 atom stereocenters. The van der Waals surface area contributed by atoms with Crippen LogP contribution >= 0.6 is 23.4 Å². The van der Waals surface area contributed by atoms with Crippen molar-refractivity contribution in [1.82, 2.24) is 0 Å². The van der Waals surface area contributed by atoms with Crippen molar-refractivity contribution < 1.29 is 0 Å². The van der Waals surface area contributed by atoms with Gasteiger partial charge in [-0.3, -0.25) is 0 Å². The molecular formula is C13H18ClNS. The Labute approximate surface area is 107 Å². The second-order valence-corrected chi connectivity index (χ2v) is 6.04. The van der Waals surface area contributed by atoms with E-state index in [1.165, 1.54) is 29.1 Å². The molecule has 3 heteroatoms. The summed E-state index contributed by atoms with van der Waals surface area (Å²) >= 11 is 8.38. The lowest BCUT2D eigenvalue weighted by atomic mass is 9.94. The van der Waals surface area contributed by atoms with Crippen molar-refractivity contribution in [1.29, 1.82) is 0 Å². The van der Waals surface area contributed by atoms with Gasteiger partial charge in [0.2, 0.25) is 0 Å². The smallest absolute Gasteiger partial charge is 0.0443 e. The zero-order valence-electron chi connectivity index (χ0n) is 9.58. The molecule has 1 fully saturated rings. The van der Waals surface area contributed by atoms with Crippen LogP contribution in [0.3, 0.4) is 0 Å². The number of hydrogen-bond donors (Lipinski definition) is 1. The lowest BCUT2D eigenvalue weighted by Gasteiger charge is -2.15. The molecule has 0 amide bonds. The number of benzene rings is 1. The quantitative estimate of drug-likeness (QED) is 0.893. The van der Waals surface area contributed by atoms with E-state index < -0.39 is 0 Å². The molecule has 1 heterocycles. The van der Waals surface area contributed by atoms with E-state index in [-0.39, 0.29) is 0 Å². The molecule has 0 bridgehead atoms. The third-order valence-electron chi connectivity index (χ3n) is 3.32. The summed E-state index contributed by atoms with van der Waals surface area (Å²) in [6.45, 7) is 2.81. The first kappa shape index (κ1) is 12.3. The molecule has 16 heavy (non-hydrogen) atoms. The van der Waals surface area contributed by atoms with Gasteiger partial charge in [-0.25, -0.2) is 0 Å². The van der Waals surface area contributed by atoms with E-state index in [0.717, 1.165) is 5.02 Å². The maximum absolute atomic E-state index is 6.36. The third kappa shape index (κ3) is 2.55. The maximum Gasteiger partial charge on any atom is 0.0443 e. The molecule has 1 saturated heterocycles. The fourth-order valence-corrected chi connectivity index (χ4v) is 3.69. The van der Waals surface area contributed by atoms with E-state index in [0.29, 0.717) is 18.4 Å². The van der Waals surface area contributed by atoms with E-state index in [1.54, 1.807) is 0 Å². The molecule has 0 radical (unpaired) electrons. The first-order chi connectivity index (χ1) is 7.72. The van der Waals surface area contributed by atoms with Crippen molar-refractivity contribution in [2.24, 2.45) is 5.73 Å². The van der Waals surface area contributed by atoms with Crippen molar-refractivity contribution in [3.05, 3.63) is 34.3 Å². The van der Waals surface area contributed by atoms with Crippen molar-refractivity contribution >= 4 is 23.4 Å². The molecule has 0 aliphatic carbocycles. The zero-order chi connectivity index (χ0) is 11.5. The van der Waals surface area contributed by atoms with Gasteiger partial charge in [0.15, 0.2) is 0 Å². The van der Waals surface area contributed by atoms with Crippen LogP contribution in [0.15, 0.2) is 18.2 Å². The SMILES string of the molecule is CC(CN)c1ccc(C2CCSC2)c(Cl)c1. The highest BCUT2D eigenvalue weighted by Gasteiger charge is 2.20. The molecule has 2 N–H and O–H groups in total. The van der Waals surface area contributed by atoms with Gasteiger partial charge in [0, 0.05) is 10.8 Å². The second kappa shape index (κ2) is 5.44. The van der Waals surface area contributed by atoms with Gasteiger partial charge in [-0.05, 0) is 47.7 Å². The van der Waals surface area contributed by atoms with Crippen LogP contribution in [-0.4, -0.2) is 18.1 Å². The van der Waals surface area contributed by atoms with Crippen LogP contribution in [0.4, 0.5) is 0 Å². The van der Waals surface area contributed by atoms with Gasteiger partial charge in [0.05, 0.1) is 0 Å². The molecule has 2 unspecified atom stereocenters. The predicted octanol–water partition coefficient (Wildman–Crippen LogP) is 3.62. The Morgan fingerprint density at radius 2 is 2.38 bits per heavy atom. The van der Waals surface area contributed by atoms with Gasteiger partial charge in [-0.1, -0.05) is 30.7 Å². The average Bonchev–Trinajstić information content (AvgIpc) is 2.81. The summed E-state index contributed by atoms with van der Waals surface area (Å²) in [6.07, 6.45) is 1.26. The molecule has 0 saturated carbocycles. The molecule has 1 nitrogen and oxygen atoms in total.